The Hall–Kier alpha value is -1.82. The van der Waals surface area contributed by atoms with Gasteiger partial charge in [-0.25, -0.2) is 13.4 Å². The van der Waals surface area contributed by atoms with Crippen LogP contribution in [0.4, 0.5) is 18.9 Å². The Kier molecular flexibility index (Phi) is 4.29. The van der Waals surface area contributed by atoms with E-state index in [4.69, 9.17) is 10.7 Å². The molecule has 1 heterocycles. The number of hydrogen-bond donors (Lipinski definition) is 0. The van der Waals surface area contributed by atoms with Gasteiger partial charge in [-0.1, -0.05) is 0 Å². The van der Waals surface area contributed by atoms with Gasteiger partial charge >= 0.3 is 12.0 Å². The summed E-state index contributed by atoms with van der Waals surface area (Å²) in [6, 6.07) is 0. The second-order valence-corrected chi connectivity index (χ2v) is 5.56. The molecule has 112 valence electrons. The third kappa shape index (κ3) is 3.60. The van der Waals surface area contributed by atoms with Crippen LogP contribution in [-0.2, 0) is 9.05 Å². The zero-order valence-electron chi connectivity index (χ0n) is 9.34. The van der Waals surface area contributed by atoms with Crippen LogP contribution in [0.5, 0.6) is 11.6 Å². The molecular weight excluding hydrogens is 333 g/mol. The van der Waals surface area contributed by atoms with E-state index in [9.17, 15) is 31.7 Å². The molecule has 0 atom stereocenters. The lowest BCUT2D eigenvalue weighted by Gasteiger charge is -2.13. The molecular formula is C7H4ClF3N2O6S. The number of aromatic nitrogens is 1. The molecule has 0 N–H and O–H groups in total. The van der Waals surface area contributed by atoms with Crippen molar-refractivity contribution < 1.29 is 36.0 Å². The van der Waals surface area contributed by atoms with Crippen LogP contribution in [0.2, 0.25) is 0 Å². The van der Waals surface area contributed by atoms with Gasteiger partial charge in [0, 0.05) is 10.7 Å². The van der Waals surface area contributed by atoms with Crippen molar-refractivity contribution in [1.29, 1.82) is 0 Å². The maximum atomic E-state index is 12.1. The fraction of sp³-hybridized carbons (Fsp3) is 0.286. The second kappa shape index (κ2) is 5.28. The second-order valence-electron chi connectivity index (χ2n) is 3.05. The number of nitrogens with zero attached hydrogens (tertiary/aromatic N) is 2. The Balaban J connectivity index is 3.66. The van der Waals surface area contributed by atoms with Crippen molar-refractivity contribution in [3.05, 3.63) is 16.3 Å². The van der Waals surface area contributed by atoms with Crippen LogP contribution in [0.15, 0.2) is 11.1 Å². The topological polar surface area (TPSA) is 109 Å². The fourth-order valence-corrected chi connectivity index (χ4v) is 2.39. The molecule has 0 aromatic carbocycles. The number of alkyl halides is 3. The number of pyridine rings is 1. The number of methoxy groups -OCH3 is 1. The molecule has 0 radical (unpaired) electrons. The van der Waals surface area contributed by atoms with Crippen molar-refractivity contribution >= 4 is 25.4 Å². The van der Waals surface area contributed by atoms with Gasteiger partial charge in [0.2, 0.25) is 10.6 Å². The van der Waals surface area contributed by atoms with Crippen molar-refractivity contribution in [3.63, 3.8) is 0 Å². The average Bonchev–Trinajstić information content (AvgIpc) is 2.24. The van der Waals surface area contributed by atoms with E-state index in [2.05, 4.69) is 14.5 Å². The van der Waals surface area contributed by atoms with E-state index in [0.29, 0.717) is 0 Å². The van der Waals surface area contributed by atoms with Gasteiger partial charge in [-0.3, -0.25) is 10.1 Å². The van der Waals surface area contributed by atoms with Crippen molar-refractivity contribution in [3.8, 4) is 11.6 Å². The maximum Gasteiger partial charge on any atom is 0.574 e. The predicted octanol–water partition coefficient (Wildman–Crippen LogP) is 1.82. The van der Waals surface area contributed by atoms with Crippen molar-refractivity contribution in [1.82, 2.24) is 4.98 Å². The zero-order valence-corrected chi connectivity index (χ0v) is 10.9. The van der Waals surface area contributed by atoms with Gasteiger partial charge in [-0.2, -0.15) is 0 Å². The minimum Gasteiger partial charge on any atom is -0.490 e. The van der Waals surface area contributed by atoms with Crippen LogP contribution >= 0.6 is 10.7 Å². The summed E-state index contributed by atoms with van der Waals surface area (Å²) >= 11 is 0. The maximum absolute atomic E-state index is 12.1. The first-order valence-corrected chi connectivity index (χ1v) is 6.70. The molecule has 20 heavy (non-hydrogen) atoms. The van der Waals surface area contributed by atoms with Crippen LogP contribution in [0, 0.1) is 10.1 Å². The van der Waals surface area contributed by atoms with Crippen LogP contribution in [0.1, 0.15) is 0 Å². The number of hydrogen-bond acceptors (Lipinski definition) is 7. The van der Waals surface area contributed by atoms with Gasteiger partial charge in [0.05, 0.1) is 12.0 Å². The van der Waals surface area contributed by atoms with E-state index in [1.807, 2.05) is 0 Å². The molecule has 1 aromatic rings. The summed E-state index contributed by atoms with van der Waals surface area (Å²) in [5, 5.41) is 10.7. The van der Waals surface area contributed by atoms with Gasteiger partial charge in [0.1, 0.15) is 6.20 Å². The Morgan fingerprint density at radius 1 is 1.45 bits per heavy atom. The quantitative estimate of drug-likeness (QED) is 0.468. The highest BCUT2D eigenvalue weighted by Crippen LogP contribution is 2.41. The lowest BCUT2D eigenvalue weighted by Crippen LogP contribution is -2.19. The van der Waals surface area contributed by atoms with Gasteiger partial charge in [0.25, 0.3) is 14.9 Å². The Morgan fingerprint density at radius 3 is 2.35 bits per heavy atom. The largest absolute Gasteiger partial charge is 0.574 e. The highest BCUT2D eigenvalue weighted by Gasteiger charge is 2.38. The van der Waals surface area contributed by atoms with Crippen LogP contribution in [-0.4, -0.2) is 31.8 Å². The van der Waals surface area contributed by atoms with Gasteiger partial charge in [-0.15, -0.1) is 13.2 Å². The number of halogens is 4. The summed E-state index contributed by atoms with van der Waals surface area (Å²) in [5.41, 5.74) is -1.15. The monoisotopic (exact) mass is 336 g/mol. The summed E-state index contributed by atoms with van der Waals surface area (Å²) < 4.78 is 66.7. The summed E-state index contributed by atoms with van der Waals surface area (Å²) in [6.45, 7) is 0. The van der Waals surface area contributed by atoms with Crippen LogP contribution < -0.4 is 9.47 Å². The average molecular weight is 337 g/mol. The van der Waals surface area contributed by atoms with Crippen molar-refractivity contribution in [2.75, 3.05) is 7.11 Å². The normalized spacial score (nSPS) is 12.1. The molecule has 0 amide bonds. The van der Waals surface area contributed by atoms with Crippen molar-refractivity contribution in [2.24, 2.45) is 0 Å². The first-order valence-electron chi connectivity index (χ1n) is 4.39. The summed E-state index contributed by atoms with van der Waals surface area (Å²) in [6.07, 6.45) is -4.94. The highest BCUT2D eigenvalue weighted by molar-refractivity contribution is 8.14. The SMILES string of the molecule is COc1c(OC(F)(F)F)ncc([N+](=O)[O-])c1S(=O)(=O)Cl. The van der Waals surface area contributed by atoms with Crippen LogP contribution in [0.25, 0.3) is 0 Å². The lowest BCUT2D eigenvalue weighted by atomic mass is 10.4. The standard InChI is InChI=1S/C7H4ClF3N2O6S/c1-18-4-5(20(8,16)17)3(13(14)15)2-12-6(4)19-7(9,10)11/h2H,1H3. The van der Waals surface area contributed by atoms with Gasteiger partial charge in [0.15, 0.2) is 0 Å². The minimum absolute atomic E-state index is 0.263. The number of nitro groups is 1. The first-order chi connectivity index (χ1) is 8.97. The molecule has 0 unspecified atom stereocenters. The molecule has 0 aliphatic rings. The summed E-state index contributed by atoms with van der Waals surface area (Å²) in [4.78, 5) is 11.2. The molecule has 0 aliphatic heterocycles. The van der Waals surface area contributed by atoms with E-state index >= 15 is 0 Å². The van der Waals surface area contributed by atoms with E-state index in [1.54, 1.807) is 0 Å². The zero-order chi connectivity index (χ0) is 15.7. The lowest BCUT2D eigenvalue weighted by molar-refractivity contribution is -0.388. The summed E-state index contributed by atoms with van der Waals surface area (Å²) in [7, 11) is 0.950. The minimum atomic E-state index is -5.20. The molecule has 0 saturated carbocycles. The van der Waals surface area contributed by atoms with E-state index in [-0.39, 0.29) is 6.20 Å². The van der Waals surface area contributed by atoms with E-state index in [0.717, 1.165) is 7.11 Å². The highest BCUT2D eigenvalue weighted by atomic mass is 35.7. The van der Waals surface area contributed by atoms with E-state index < -0.39 is 42.5 Å². The van der Waals surface area contributed by atoms with Crippen molar-refractivity contribution in [2.45, 2.75) is 11.3 Å². The molecule has 13 heteroatoms. The number of ether oxygens (including phenoxy) is 2. The molecule has 0 aliphatic carbocycles. The third-order valence-corrected chi connectivity index (χ3v) is 3.14. The van der Waals surface area contributed by atoms with E-state index in [1.165, 1.54) is 0 Å². The Bertz CT molecular complexity index is 647. The molecule has 0 saturated heterocycles. The van der Waals surface area contributed by atoms with Gasteiger partial charge in [-0.05, 0) is 0 Å². The fourth-order valence-electron chi connectivity index (χ4n) is 1.18. The predicted molar refractivity (Wildman–Crippen MR) is 57.2 cm³/mol. The molecule has 8 nitrogen and oxygen atoms in total. The first kappa shape index (κ1) is 16.2. The summed E-state index contributed by atoms with van der Waals surface area (Å²) in [5.74, 6) is -2.43. The molecule has 0 bridgehead atoms. The Labute approximate surface area is 113 Å². The molecule has 0 spiro atoms. The Morgan fingerprint density at radius 2 is 2.00 bits per heavy atom. The van der Waals surface area contributed by atoms with Crippen LogP contribution in [0.3, 0.4) is 0 Å². The smallest absolute Gasteiger partial charge is 0.490 e. The number of rotatable bonds is 4. The third-order valence-electron chi connectivity index (χ3n) is 1.79. The van der Waals surface area contributed by atoms with Gasteiger partial charge < -0.3 is 9.47 Å². The molecule has 1 rings (SSSR count). The molecule has 0 fully saturated rings. The molecule has 1 aromatic heterocycles.